The molecule has 84 valence electrons. The Labute approximate surface area is 99.2 Å². The maximum Gasteiger partial charge on any atom is 0.160 e. The second-order valence-electron chi connectivity index (χ2n) is 3.55. The summed E-state index contributed by atoms with van der Waals surface area (Å²) in [6, 6.07) is 11.2. The normalized spacial score (nSPS) is 9.88. The first kappa shape index (κ1) is 11.2. The first-order valence-corrected chi connectivity index (χ1v) is 5.27. The summed E-state index contributed by atoms with van der Waals surface area (Å²) >= 11 is 0. The van der Waals surface area contributed by atoms with Crippen molar-refractivity contribution in [3.63, 3.8) is 0 Å². The SMILES string of the molecule is N#Cc1ccnc(-c2cccc(CCO)c2)n1. The summed E-state index contributed by atoms with van der Waals surface area (Å²) < 4.78 is 0. The van der Waals surface area contributed by atoms with Crippen LogP contribution in [0.4, 0.5) is 0 Å². The molecule has 1 aromatic carbocycles. The van der Waals surface area contributed by atoms with Gasteiger partial charge in [0, 0.05) is 18.4 Å². The standard InChI is InChI=1S/C13H11N3O/c14-9-12-4-6-15-13(16-12)11-3-1-2-10(8-11)5-7-17/h1-4,6,8,17H,5,7H2. The fraction of sp³-hybridized carbons (Fsp3) is 0.154. The Bertz CT molecular complexity index is 561. The van der Waals surface area contributed by atoms with E-state index < -0.39 is 0 Å². The van der Waals surface area contributed by atoms with Gasteiger partial charge in [0.25, 0.3) is 0 Å². The molecule has 1 N–H and O–H groups in total. The van der Waals surface area contributed by atoms with Crippen LogP contribution in [-0.2, 0) is 6.42 Å². The summed E-state index contributed by atoms with van der Waals surface area (Å²) in [5.41, 5.74) is 2.23. The molecular weight excluding hydrogens is 214 g/mol. The van der Waals surface area contributed by atoms with Gasteiger partial charge in [-0.05, 0) is 24.1 Å². The number of hydrogen-bond donors (Lipinski definition) is 1. The summed E-state index contributed by atoms with van der Waals surface area (Å²) in [4.78, 5) is 8.26. The van der Waals surface area contributed by atoms with Gasteiger partial charge in [0.1, 0.15) is 11.8 Å². The van der Waals surface area contributed by atoms with Crippen LogP contribution in [0.2, 0.25) is 0 Å². The molecule has 17 heavy (non-hydrogen) atoms. The second kappa shape index (κ2) is 5.19. The molecule has 0 aliphatic rings. The van der Waals surface area contributed by atoms with E-state index in [1.807, 2.05) is 30.3 Å². The van der Waals surface area contributed by atoms with Crippen molar-refractivity contribution < 1.29 is 5.11 Å². The Kier molecular flexibility index (Phi) is 3.43. The highest BCUT2D eigenvalue weighted by Gasteiger charge is 2.03. The van der Waals surface area contributed by atoms with Crippen molar-refractivity contribution in [2.75, 3.05) is 6.61 Å². The van der Waals surface area contributed by atoms with Crippen LogP contribution in [0.1, 0.15) is 11.3 Å². The average molecular weight is 225 g/mol. The Hall–Kier alpha value is -2.25. The minimum atomic E-state index is 0.114. The molecule has 0 spiro atoms. The molecule has 4 nitrogen and oxygen atoms in total. The van der Waals surface area contributed by atoms with Gasteiger partial charge in [-0.15, -0.1) is 0 Å². The minimum absolute atomic E-state index is 0.114. The van der Waals surface area contributed by atoms with Gasteiger partial charge in [-0.3, -0.25) is 0 Å². The van der Waals surface area contributed by atoms with Gasteiger partial charge < -0.3 is 5.11 Å². The number of nitriles is 1. The van der Waals surface area contributed by atoms with Gasteiger partial charge in [0.15, 0.2) is 5.82 Å². The van der Waals surface area contributed by atoms with Crippen molar-refractivity contribution in [3.05, 3.63) is 47.8 Å². The zero-order valence-electron chi connectivity index (χ0n) is 9.17. The number of benzene rings is 1. The van der Waals surface area contributed by atoms with E-state index >= 15 is 0 Å². The molecule has 4 heteroatoms. The summed E-state index contributed by atoms with van der Waals surface area (Å²) in [6.07, 6.45) is 2.17. The van der Waals surface area contributed by atoms with Crippen molar-refractivity contribution in [1.82, 2.24) is 9.97 Å². The third-order valence-electron chi connectivity index (χ3n) is 2.36. The van der Waals surface area contributed by atoms with Crippen molar-refractivity contribution >= 4 is 0 Å². The molecular formula is C13H11N3O. The molecule has 0 aliphatic heterocycles. The number of aliphatic hydroxyl groups excluding tert-OH is 1. The molecule has 1 heterocycles. The summed E-state index contributed by atoms with van der Waals surface area (Å²) in [5, 5.41) is 17.7. The zero-order valence-corrected chi connectivity index (χ0v) is 9.17. The smallest absolute Gasteiger partial charge is 0.160 e. The van der Waals surface area contributed by atoms with E-state index in [1.54, 1.807) is 12.3 Å². The van der Waals surface area contributed by atoms with E-state index in [9.17, 15) is 0 Å². The summed E-state index contributed by atoms with van der Waals surface area (Å²) in [5.74, 6) is 0.531. The average Bonchev–Trinajstić information content (AvgIpc) is 2.40. The van der Waals surface area contributed by atoms with Crippen LogP contribution < -0.4 is 0 Å². The second-order valence-corrected chi connectivity index (χ2v) is 3.55. The van der Waals surface area contributed by atoms with Crippen LogP contribution >= 0.6 is 0 Å². The van der Waals surface area contributed by atoms with Crippen LogP contribution in [-0.4, -0.2) is 21.7 Å². The fourth-order valence-corrected chi connectivity index (χ4v) is 1.56. The van der Waals surface area contributed by atoms with Gasteiger partial charge in [0.05, 0.1) is 0 Å². The first-order chi connectivity index (χ1) is 8.33. The largest absolute Gasteiger partial charge is 0.396 e. The van der Waals surface area contributed by atoms with E-state index in [0.29, 0.717) is 17.9 Å². The lowest BCUT2D eigenvalue weighted by atomic mass is 10.1. The van der Waals surface area contributed by atoms with E-state index in [0.717, 1.165) is 11.1 Å². The molecule has 0 unspecified atom stereocenters. The minimum Gasteiger partial charge on any atom is -0.396 e. The van der Waals surface area contributed by atoms with E-state index in [4.69, 9.17) is 10.4 Å². The van der Waals surface area contributed by atoms with E-state index in [-0.39, 0.29) is 6.61 Å². The Morgan fingerprint density at radius 2 is 2.18 bits per heavy atom. The topological polar surface area (TPSA) is 69.8 Å². The lowest BCUT2D eigenvalue weighted by Gasteiger charge is -2.03. The molecule has 0 amide bonds. The van der Waals surface area contributed by atoms with Crippen molar-refractivity contribution in [2.24, 2.45) is 0 Å². The molecule has 0 aliphatic carbocycles. The quantitative estimate of drug-likeness (QED) is 0.860. The molecule has 0 atom stereocenters. The van der Waals surface area contributed by atoms with Gasteiger partial charge >= 0.3 is 0 Å². The highest BCUT2D eigenvalue weighted by atomic mass is 16.2. The van der Waals surface area contributed by atoms with Gasteiger partial charge in [0.2, 0.25) is 0 Å². The molecule has 1 aromatic heterocycles. The van der Waals surface area contributed by atoms with Crippen LogP contribution in [0.5, 0.6) is 0 Å². The highest BCUT2D eigenvalue weighted by Crippen LogP contribution is 2.16. The molecule has 0 fully saturated rings. The molecule has 2 rings (SSSR count). The third-order valence-corrected chi connectivity index (χ3v) is 2.36. The van der Waals surface area contributed by atoms with Crippen molar-refractivity contribution in [1.29, 1.82) is 5.26 Å². The highest BCUT2D eigenvalue weighted by molar-refractivity contribution is 5.56. The predicted octanol–water partition coefficient (Wildman–Crippen LogP) is 1.55. The number of nitrogens with zero attached hydrogens (tertiary/aromatic N) is 3. The van der Waals surface area contributed by atoms with E-state index in [1.165, 1.54) is 0 Å². The number of rotatable bonds is 3. The molecule has 2 aromatic rings. The monoisotopic (exact) mass is 225 g/mol. The van der Waals surface area contributed by atoms with E-state index in [2.05, 4.69) is 9.97 Å². The number of aliphatic hydroxyl groups is 1. The Morgan fingerprint density at radius 1 is 1.29 bits per heavy atom. The van der Waals surface area contributed by atoms with Gasteiger partial charge in [-0.1, -0.05) is 18.2 Å². The van der Waals surface area contributed by atoms with Crippen LogP contribution in [0, 0.1) is 11.3 Å². The number of aromatic nitrogens is 2. The Morgan fingerprint density at radius 3 is 2.94 bits per heavy atom. The van der Waals surface area contributed by atoms with Crippen molar-refractivity contribution in [2.45, 2.75) is 6.42 Å². The predicted molar refractivity (Wildman–Crippen MR) is 63.0 cm³/mol. The zero-order chi connectivity index (χ0) is 12.1. The van der Waals surface area contributed by atoms with Crippen LogP contribution in [0.3, 0.4) is 0 Å². The number of hydrogen-bond acceptors (Lipinski definition) is 4. The van der Waals surface area contributed by atoms with Crippen molar-refractivity contribution in [3.8, 4) is 17.5 Å². The first-order valence-electron chi connectivity index (χ1n) is 5.27. The molecule has 0 radical (unpaired) electrons. The van der Waals surface area contributed by atoms with Crippen LogP contribution in [0.25, 0.3) is 11.4 Å². The molecule has 0 saturated carbocycles. The Balaban J connectivity index is 2.39. The van der Waals surface area contributed by atoms with Gasteiger partial charge in [-0.2, -0.15) is 5.26 Å². The molecule has 0 bridgehead atoms. The maximum absolute atomic E-state index is 8.89. The summed E-state index contributed by atoms with van der Waals surface area (Å²) in [6.45, 7) is 0.114. The lowest BCUT2D eigenvalue weighted by molar-refractivity contribution is 0.299. The molecule has 0 saturated heterocycles. The lowest BCUT2D eigenvalue weighted by Crippen LogP contribution is -1.94. The fourth-order valence-electron chi connectivity index (χ4n) is 1.56. The van der Waals surface area contributed by atoms with Gasteiger partial charge in [-0.25, -0.2) is 9.97 Å². The third kappa shape index (κ3) is 2.65. The van der Waals surface area contributed by atoms with Crippen LogP contribution in [0.15, 0.2) is 36.5 Å². The maximum atomic E-state index is 8.89. The summed E-state index contributed by atoms with van der Waals surface area (Å²) in [7, 11) is 0.